The molecule has 0 aliphatic carbocycles. The molecular weight excluding hydrogens is 232 g/mol. The first kappa shape index (κ1) is 15.4. The van der Waals surface area contributed by atoms with Crippen molar-refractivity contribution in [1.82, 2.24) is 0 Å². The van der Waals surface area contributed by atoms with Gasteiger partial charge >= 0.3 is 0 Å². The molecule has 0 saturated carbocycles. The lowest BCUT2D eigenvalue weighted by Crippen LogP contribution is -2.37. The molecule has 0 rings (SSSR count). The number of rotatable bonds is 4. The van der Waals surface area contributed by atoms with Crippen molar-refractivity contribution in [3.05, 3.63) is 22.5 Å². The first-order valence-electron chi connectivity index (χ1n) is 5.51. The molecule has 0 aromatic carbocycles. The van der Waals surface area contributed by atoms with Gasteiger partial charge < -0.3 is 9.90 Å². The van der Waals surface area contributed by atoms with E-state index in [0.717, 1.165) is 10.4 Å². The molecule has 0 radical (unpaired) electrons. The molecule has 2 nitrogen and oxygen atoms in total. The van der Waals surface area contributed by atoms with Crippen molar-refractivity contribution in [2.24, 2.45) is 0 Å². The van der Waals surface area contributed by atoms with E-state index in [1.807, 2.05) is 6.92 Å². The third kappa shape index (κ3) is 3.75. The van der Waals surface area contributed by atoms with Gasteiger partial charge in [-0.2, -0.15) is 0 Å². The van der Waals surface area contributed by atoms with Gasteiger partial charge in [0.1, 0.15) is 0 Å². The number of allylic oxidation sites excluding steroid dienone is 1. The van der Waals surface area contributed by atoms with Crippen molar-refractivity contribution in [2.45, 2.75) is 46.2 Å². The molecule has 0 aliphatic heterocycles. The van der Waals surface area contributed by atoms with Crippen molar-refractivity contribution in [1.29, 1.82) is 0 Å². The highest BCUT2D eigenvalue weighted by Gasteiger charge is 2.27. The second kappa shape index (κ2) is 4.71. The van der Waals surface area contributed by atoms with Crippen LogP contribution in [0.4, 0.5) is 0 Å². The monoisotopic (exact) mass is 255 g/mol. The van der Waals surface area contributed by atoms with Crippen LogP contribution in [-0.4, -0.2) is 22.1 Å². The van der Waals surface area contributed by atoms with Gasteiger partial charge in [0, 0.05) is 0 Å². The van der Waals surface area contributed by atoms with E-state index in [4.69, 9.17) is 0 Å². The Bertz CT molecular complexity index is 341. The van der Waals surface area contributed by atoms with E-state index in [2.05, 4.69) is 45.9 Å². The summed E-state index contributed by atoms with van der Waals surface area (Å²) in [7, 11) is -3.29. The predicted molar refractivity (Wildman–Crippen MR) is 73.5 cm³/mol. The maximum Gasteiger partial charge on any atom is 0.0776 e. The van der Waals surface area contributed by atoms with Crippen LogP contribution >= 0.6 is 0 Å². The molecule has 0 saturated heterocycles. The molecule has 0 aliphatic rings. The Balaban J connectivity index is 5.71. The average Bonchev–Trinajstić information content (AvgIpc) is 1.99. The molecule has 92 valence electrons. The molecule has 4 heteroatoms. The quantitative estimate of drug-likeness (QED) is 0.439. The smallest absolute Gasteiger partial charge is 0.0776 e. The zero-order valence-corrected chi connectivity index (χ0v) is 13.5. The van der Waals surface area contributed by atoms with Crippen molar-refractivity contribution in [3.63, 3.8) is 0 Å². The Morgan fingerprint density at radius 1 is 1.00 bits per heavy atom. The van der Waals surface area contributed by atoms with E-state index in [-0.39, 0.29) is 0 Å². The Morgan fingerprint density at radius 2 is 1.38 bits per heavy atom. The maximum absolute atomic E-state index is 11.3. The van der Waals surface area contributed by atoms with Crippen LogP contribution in [0.2, 0.25) is 39.3 Å². The highest BCUT2D eigenvalue weighted by atomic mass is 28.3. The number of hydrogen-bond donors (Lipinski definition) is 0. The first-order chi connectivity index (χ1) is 6.89. The molecule has 0 unspecified atom stereocenters. The Morgan fingerprint density at radius 3 is 1.56 bits per heavy atom. The lowest BCUT2D eigenvalue weighted by Gasteiger charge is -2.29. The van der Waals surface area contributed by atoms with Crippen molar-refractivity contribution < 1.29 is 9.90 Å². The summed E-state index contributed by atoms with van der Waals surface area (Å²) in [4.78, 5) is 11.3. The number of carbonyl (C=O) groups is 1. The van der Waals surface area contributed by atoms with Gasteiger partial charge in [-0.05, 0) is 12.5 Å². The van der Waals surface area contributed by atoms with Crippen LogP contribution < -0.4 is 5.11 Å². The topological polar surface area (TPSA) is 40.1 Å². The van der Waals surface area contributed by atoms with Gasteiger partial charge in [0.05, 0.1) is 22.1 Å². The van der Waals surface area contributed by atoms with Crippen LogP contribution in [0.15, 0.2) is 22.5 Å². The molecule has 0 heterocycles. The van der Waals surface area contributed by atoms with Crippen molar-refractivity contribution in [3.8, 4) is 0 Å². The first-order valence-corrected chi connectivity index (χ1v) is 12.5. The van der Waals surface area contributed by atoms with Gasteiger partial charge in [-0.25, -0.2) is 0 Å². The minimum absolute atomic E-state index is 0.387. The molecule has 0 fully saturated rings. The van der Waals surface area contributed by atoms with Crippen LogP contribution in [0.5, 0.6) is 0 Å². The number of aliphatic carboxylic acids is 1. The van der Waals surface area contributed by atoms with E-state index >= 15 is 0 Å². The second-order valence-corrected chi connectivity index (χ2v) is 16.6. The van der Waals surface area contributed by atoms with Crippen molar-refractivity contribution >= 4 is 22.1 Å². The van der Waals surface area contributed by atoms with Crippen LogP contribution in [0.1, 0.15) is 6.92 Å². The summed E-state index contributed by atoms with van der Waals surface area (Å²) in [6, 6.07) is 0. The Kier molecular flexibility index (Phi) is 4.53. The summed E-state index contributed by atoms with van der Waals surface area (Å²) < 4.78 is 0. The molecule has 0 atom stereocenters. The Labute approximate surface area is 101 Å². The predicted octanol–water partition coefficient (Wildman–Crippen LogP) is 2.36. The number of carboxylic acids is 1. The summed E-state index contributed by atoms with van der Waals surface area (Å²) in [5, 5.41) is 13.1. The minimum Gasteiger partial charge on any atom is -0.545 e. The lowest BCUT2D eigenvalue weighted by atomic mass is 10.2. The average molecular weight is 255 g/mol. The SMILES string of the molecule is C=C(/C(C(=O)[O-])=C(\C)[Si](C)(C)C)[Si](C)(C)C. The van der Waals surface area contributed by atoms with Crippen LogP contribution in [0.25, 0.3) is 0 Å². The second-order valence-electron chi connectivity index (χ2n) is 6.27. The zero-order valence-electron chi connectivity index (χ0n) is 11.5. The van der Waals surface area contributed by atoms with Crippen LogP contribution in [0.3, 0.4) is 0 Å². The normalized spacial score (nSPS) is 14.4. The molecule has 0 aromatic heterocycles. The number of carbonyl (C=O) groups excluding carboxylic acids is 1. The van der Waals surface area contributed by atoms with E-state index in [0.29, 0.717) is 5.57 Å². The van der Waals surface area contributed by atoms with Gasteiger partial charge in [0.15, 0.2) is 0 Å². The van der Waals surface area contributed by atoms with Crippen molar-refractivity contribution in [2.75, 3.05) is 0 Å². The zero-order chi connectivity index (χ0) is 13.3. The van der Waals surface area contributed by atoms with Gasteiger partial charge in [-0.15, -0.1) is 0 Å². The molecule has 0 bridgehead atoms. The number of carboxylic acid groups (broad SMARTS) is 1. The largest absolute Gasteiger partial charge is 0.545 e. The number of hydrogen-bond acceptors (Lipinski definition) is 2. The minimum atomic E-state index is -1.68. The molecular formula is C12H23O2Si2-. The lowest BCUT2D eigenvalue weighted by molar-refractivity contribution is -0.298. The van der Waals surface area contributed by atoms with E-state index in [1.54, 1.807) is 0 Å². The van der Waals surface area contributed by atoms with Gasteiger partial charge in [-0.3, -0.25) is 0 Å². The van der Waals surface area contributed by atoms with E-state index < -0.39 is 22.1 Å². The van der Waals surface area contributed by atoms with Gasteiger partial charge in [-0.1, -0.05) is 56.3 Å². The van der Waals surface area contributed by atoms with Crippen LogP contribution in [-0.2, 0) is 4.79 Å². The molecule has 0 aromatic rings. The summed E-state index contributed by atoms with van der Waals surface area (Å²) in [6.07, 6.45) is 0. The fourth-order valence-electron chi connectivity index (χ4n) is 1.25. The van der Waals surface area contributed by atoms with Gasteiger partial charge in [0.2, 0.25) is 0 Å². The summed E-state index contributed by atoms with van der Waals surface area (Å²) in [5.74, 6) is -1.06. The van der Waals surface area contributed by atoms with Crippen LogP contribution in [0, 0.1) is 0 Å². The highest BCUT2D eigenvalue weighted by Crippen LogP contribution is 2.27. The highest BCUT2D eigenvalue weighted by molar-refractivity contribution is 6.86. The summed E-state index contributed by atoms with van der Waals surface area (Å²) in [6.45, 7) is 18.7. The van der Waals surface area contributed by atoms with E-state index in [9.17, 15) is 9.90 Å². The molecule has 16 heavy (non-hydrogen) atoms. The fourth-order valence-corrected chi connectivity index (χ4v) is 3.42. The van der Waals surface area contributed by atoms with Gasteiger partial charge in [0.25, 0.3) is 0 Å². The third-order valence-electron chi connectivity index (χ3n) is 2.91. The maximum atomic E-state index is 11.3. The third-order valence-corrected chi connectivity index (χ3v) is 7.47. The fraction of sp³-hybridized carbons (Fsp3) is 0.583. The molecule has 0 spiro atoms. The Hall–Kier alpha value is -0.616. The molecule has 0 amide bonds. The summed E-state index contributed by atoms with van der Waals surface area (Å²) in [5.41, 5.74) is 0.387. The van der Waals surface area contributed by atoms with E-state index in [1.165, 1.54) is 0 Å². The molecule has 0 N–H and O–H groups in total. The standard InChI is InChI=1S/C12H24O2Si2/c1-9(15(3,4)5)11(12(13)14)10(2)16(6,7)8/h1H2,2-8H3,(H,13,14)/p-1/b11-10-. The summed E-state index contributed by atoms with van der Waals surface area (Å²) >= 11 is 0.